The number of para-hydroxylation sites is 1. The van der Waals surface area contributed by atoms with E-state index >= 15 is 0 Å². The number of benzene rings is 1. The first-order chi connectivity index (χ1) is 11.8. The van der Waals surface area contributed by atoms with Crippen molar-refractivity contribution in [1.29, 1.82) is 0 Å². The van der Waals surface area contributed by atoms with Crippen molar-refractivity contribution in [2.45, 2.75) is 25.7 Å². The van der Waals surface area contributed by atoms with Crippen LogP contribution in [0.25, 0.3) is 10.2 Å². The van der Waals surface area contributed by atoms with E-state index in [1.807, 2.05) is 12.1 Å². The number of carbonyl (C=O) groups is 1. The molecule has 0 spiro atoms. The molecule has 128 valence electrons. The van der Waals surface area contributed by atoms with Gasteiger partial charge in [-0.25, -0.2) is 4.98 Å². The number of hydrogen-bond donors (Lipinski definition) is 0. The minimum absolute atomic E-state index is 0.281. The molecular weight excluding hydrogens is 322 g/mol. The Morgan fingerprint density at radius 3 is 2.67 bits per heavy atom. The van der Waals surface area contributed by atoms with Crippen LogP contribution in [0.15, 0.2) is 18.2 Å². The van der Waals surface area contributed by atoms with Gasteiger partial charge in [-0.1, -0.05) is 30.2 Å². The zero-order valence-electron chi connectivity index (χ0n) is 14.0. The molecule has 0 bridgehead atoms. The highest BCUT2D eigenvalue weighted by Crippen LogP contribution is 2.34. The number of rotatable bonds is 3. The summed E-state index contributed by atoms with van der Waals surface area (Å²) in [4.78, 5) is 21.7. The standard InChI is InChI=1S/C18H23N3O2S/c1-23-14-7-4-8-15-16(14)19-18(24-15)21-11-9-20(10-12-21)17(22)13-5-2-3-6-13/h4,7-8,13H,2-3,5-6,9-12H2,1H3. The molecule has 1 aliphatic carbocycles. The maximum atomic E-state index is 12.5. The second-order valence-corrected chi connectivity index (χ2v) is 7.61. The van der Waals surface area contributed by atoms with E-state index in [0.29, 0.717) is 5.91 Å². The Bertz CT molecular complexity index is 731. The Hall–Kier alpha value is -1.82. The van der Waals surface area contributed by atoms with Crippen molar-refractivity contribution in [3.8, 4) is 5.75 Å². The minimum Gasteiger partial charge on any atom is -0.494 e. The molecule has 2 aliphatic rings. The van der Waals surface area contributed by atoms with Gasteiger partial charge in [-0.15, -0.1) is 0 Å². The van der Waals surface area contributed by atoms with Crippen LogP contribution in [-0.2, 0) is 4.79 Å². The molecule has 1 saturated heterocycles. The molecule has 1 aliphatic heterocycles. The van der Waals surface area contributed by atoms with Gasteiger partial charge in [0.15, 0.2) is 5.13 Å². The quantitative estimate of drug-likeness (QED) is 0.857. The Morgan fingerprint density at radius 2 is 1.96 bits per heavy atom. The highest BCUT2D eigenvalue weighted by molar-refractivity contribution is 7.22. The summed E-state index contributed by atoms with van der Waals surface area (Å²) in [6, 6.07) is 6.03. The molecule has 0 radical (unpaired) electrons. The van der Waals surface area contributed by atoms with Gasteiger partial charge in [-0.05, 0) is 25.0 Å². The van der Waals surface area contributed by atoms with Crippen molar-refractivity contribution in [2.75, 3.05) is 38.2 Å². The highest BCUT2D eigenvalue weighted by atomic mass is 32.1. The van der Waals surface area contributed by atoms with Crippen molar-refractivity contribution in [1.82, 2.24) is 9.88 Å². The van der Waals surface area contributed by atoms with Gasteiger partial charge in [0.2, 0.25) is 5.91 Å². The summed E-state index contributed by atoms with van der Waals surface area (Å²) < 4.78 is 6.55. The number of piperazine rings is 1. The highest BCUT2D eigenvalue weighted by Gasteiger charge is 2.30. The fraction of sp³-hybridized carbons (Fsp3) is 0.556. The lowest BCUT2D eigenvalue weighted by molar-refractivity contribution is -0.135. The van der Waals surface area contributed by atoms with E-state index in [2.05, 4.69) is 15.9 Å². The first kappa shape index (κ1) is 15.7. The summed E-state index contributed by atoms with van der Waals surface area (Å²) in [5, 5.41) is 1.03. The fourth-order valence-corrected chi connectivity index (χ4v) is 4.80. The molecular formula is C18H23N3O2S. The van der Waals surface area contributed by atoms with Gasteiger partial charge >= 0.3 is 0 Å². The molecule has 5 nitrogen and oxygen atoms in total. The molecule has 1 saturated carbocycles. The number of ether oxygens (including phenoxy) is 1. The second kappa shape index (κ2) is 6.59. The first-order valence-corrected chi connectivity index (χ1v) is 9.55. The Labute approximate surface area is 146 Å². The van der Waals surface area contributed by atoms with Crippen molar-refractivity contribution < 1.29 is 9.53 Å². The molecule has 1 aromatic heterocycles. The lowest BCUT2D eigenvalue weighted by Gasteiger charge is -2.35. The number of fused-ring (bicyclic) bond motifs is 1. The Morgan fingerprint density at radius 1 is 1.21 bits per heavy atom. The molecule has 1 amide bonds. The molecule has 1 aromatic carbocycles. The third kappa shape index (κ3) is 2.83. The Balaban J connectivity index is 1.45. The number of thiazole rings is 1. The average Bonchev–Trinajstić information content (AvgIpc) is 3.30. The second-order valence-electron chi connectivity index (χ2n) is 6.60. The maximum absolute atomic E-state index is 12.5. The van der Waals surface area contributed by atoms with E-state index < -0.39 is 0 Å². The summed E-state index contributed by atoms with van der Waals surface area (Å²) in [7, 11) is 1.68. The van der Waals surface area contributed by atoms with Crippen LogP contribution in [0.2, 0.25) is 0 Å². The molecule has 2 aromatic rings. The third-order valence-corrected chi connectivity index (χ3v) is 6.24. The van der Waals surface area contributed by atoms with Crippen molar-refractivity contribution in [3.63, 3.8) is 0 Å². The van der Waals surface area contributed by atoms with Crippen LogP contribution in [0, 0.1) is 5.92 Å². The molecule has 0 atom stereocenters. The Kier molecular flexibility index (Phi) is 4.31. The van der Waals surface area contributed by atoms with Gasteiger partial charge in [-0.3, -0.25) is 4.79 Å². The third-order valence-electron chi connectivity index (χ3n) is 5.16. The van der Waals surface area contributed by atoms with Crippen LogP contribution < -0.4 is 9.64 Å². The number of carbonyl (C=O) groups excluding carboxylic acids is 1. The van der Waals surface area contributed by atoms with Gasteiger partial charge < -0.3 is 14.5 Å². The predicted octanol–water partition coefficient (Wildman–Crippen LogP) is 3.14. The maximum Gasteiger partial charge on any atom is 0.225 e. The first-order valence-electron chi connectivity index (χ1n) is 8.73. The van der Waals surface area contributed by atoms with Gasteiger partial charge in [0, 0.05) is 32.1 Å². The van der Waals surface area contributed by atoms with Crippen LogP contribution in [-0.4, -0.2) is 49.1 Å². The monoisotopic (exact) mass is 345 g/mol. The largest absolute Gasteiger partial charge is 0.494 e. The van der Waals surface area contributed by atoms with E-state index in [-0.39, 0.29) is 5.92 Å². The zero-order valence-corrected chi connectivity index (χ0v) is 14.8. The minimum atomic E-state index is 0.281. The number of nitrogens with zero attached hydrogens (tertiary/aromatic N) is 3. The molecule has 0 N–H and O–H groups in total. The number of anilines is 1. The van der Waals surface area contributed by atoms with Gasteiger partial charge in [0.05, 0.1) is 11.8 Å². The van der Waals surface area contributed by atoms with Crippen molar-refractivity contribution in [2.24, 2.45) is 5.92 Å². The summed E-state index contributed by atoms with van der Waals surface area (Å²) in [5.41, 5.74) is 0.935. The summed E-state index contributed by atoms with van der Waals surface area (Å²) in [6.45, 7) is 3.34. The van der Waals surface area contributed by atoms with Crippen LogP contribution in [0.5, 0.6) is 5.75 Å². The summed E-state index contributed by atoms with van der Waals surface area (Å²) in [5.74, 6) is 1.48. The normalized spacial score (nSPS) is 19.2. The van der Waals surface area contributed by atoms with E-state index in [1.54, 1.807) is 18.4 Å². The molecule has 4 rings (SSSR count). The lowest BCUT2D eigenvalue weighted by atomic mass is 10.1. The van der Waals surface area contributed by atoms with Crippen molar-refractivity contribution >= 4 is 32.6 Å². The summed E-state index contributed by atoms with van der Waals surface area (Å²) in [6.07, 6.45) is 4.58. The van der Waals surface area contributed by atoms with Crippen LogP contribution in [0.1, 0.15) is 25.7 Å². The smallest absolute Gasteiger partial charge is 0.225 e. The molecule has 2 heterocycles. The predicted molar refractivity (Wildman–Crippen MR) is 96.9 cm³/mol. The van der Waals surface area contributed by atoms with E-state index in [1.165, 1.54) is 12.8 Å². The van der Waals surface area contributed by atoms with Crippen LogP contribution >= 0.6 is 11.3 Å². The van der Waals surface area contributed by atoms with E-state index in [4.69, 9.17) is 9.72 Å². The fourth-order valence-electron chi connectivity index (χ4n) is 3.76. The molecule has 2 fully saturated rings. The van der Waals surface area contributed by atoms with Crippen LogP contribution in [0.3, 0.4) is 0 Å². The molecule has 24 heavy (non-hydrogen) atoms. The van der Waals surface area contributed by atoms with Gasteiger partial charge in [0.1, 0.15) is 11.3 Å². The lowest BCUT2D eigenvalue weighted by Crippen LogP contribution is -2.50. The molecule has 0 unspecified atom stereocenters. The van der Waals surface area contributed by atoms with Gasteiger partial charge in [0.25, 0.3) is 0 Å². The molecule has 6 heteroatoms. The van der Waals surface area contributed by atoms with Crippen molar-refractivity contribution in [3.05, 3.63) is 18.2 Å². The topological polar surface area (TPSA) is 45.7 Å². The van der Waals surface area contributed by atoms with Gasteiger partial charge in [-0.2, -0.15) is 0 Å². The number of hydrogen-bond acceptors (Lipinski definition) is 5. The average molecular weight is 345 g/mol. The SMILES string of the molecule is COc1cccc2sc(N3CCN(C(=O)C4CCCC4)CC3)nc12. The number of methoxy groups -OCH3 is 1. The number of aromatic nitrogens is 1. The number of amides is 1. The van der Waals surface area contributed by atoms with E-state index in [9.17, 15) is 4.79 Å². The van der Waals surface area contributed by atoms with E-state index in [0.717, 1.165) is 60.1 Å². The zero-order chi connectivity index (χ0) is 16.5. The van der Waals surface area contributed by atoms with Crippen LogP contribution in [0.4, 0.5) is 5.13 Å². The summed E-state index contributed by atoms with van der Waals surface area (Å²) >= 11 is 1.70.